The number of nitrogens with one attached hydrogen (secondary N) is 1. The Labute approximate surface area is 163 Å². The monoisotopic (exact) mass is 379 g/mol. The van der Waals surface area contributed by atoms with Crippen molar-refractivity contribution in [2.45, 2.75) is 51.5 Å². The van der Waals surface area contributed by atoms with Gasteiger partial charge >= 0.3 is 5.97 Å². The average molecular weight is 379 g/mol. The fourth-order valence-corrected chi connectivity index (χ4v) is 4.02. The highest BCUT2D eigenvalue weighted by atomic mass is 16.5. The molecule has 0 unspecified atom stereocenters. The van der Waals surface area contributed by atoms with Gasteiger partial charge in [-0.25, -0.2) is 4.79 Å². The lowest BCUT2D eigenvalue weighted by molar-refractivity contribution is 0.0468. The van der Waals surface area contributed by atoms with Crippen molar-refractivity contribution in [2.24, 2.45) is 0 Å². The van der Waals surface area contributed by atoms with E-state index < -0.39 is 5.97 Å². The molecule has 0 amide bonds. The number of para-hydroxylation sites is 1. The number of Topliss-reactive ketones (excluding diaryl/α,β-unsaturated/α-hetero) is 1. The molecule has 28 heavy (non-hydrogen) atoms. The van der Waals surface area contributed by atoms with E-state index in [4.69, 9.17) is 4.74 Å². The molecule has 0 spiro atoms. The van der Waals surface area contributed by atoms with Crippen LogP contribution < -0.4 is 0 Å². The highest BCUT2D eigenvalue weighted by molar-refractivity contribution is 6.09. The van der Waals surface area contributed by atoms with Gasteiger partial charge in [-0.05, 0) is 30.9 Å². The average Bonchev–Trinajstić information content (AvgIpc) is 3.39. The zero-order chi connectivity index (χ0) is 19.5. The minimum atomic E-state index is -0.558. The molecule has 2 heterocycles. The van der Waals surface area contributed by atoms with Gasteiger partial charge in [0.1, 0.15) is 0 Å². The quantitative estimate of drug-likeness (QED) is 0.506. The molecule has 1 aliphatic rings. The van der Waals surface area contributed by atoms with Gasteiger partial charge in [0.15, 0.2) is 12.3 Å². The fourth-order valence-electron chi connectivity index (χ4n) is 4.02. The van der Waals surface area contributed by atoms with Crippen molar-refractivity contribution in [3.05, 3.63) is 53.5 Å². The first-order valence-electron chi connectivity index (χ1n) is 10.0. The zero-order valence-electron chi connectivity index (χ0n) is 16.1. The van der Waals surface area contributed by atoms with Crippen LogP contribution in [0.5, 0.6) is 0 Å². The van der Waals surface area contributed by atoms with Crippen molar-refractivity contribution in [1.29, 1.82) is 0 Å². The molecular weight excluding hydrogens is 354 g/mol. The fraction of sp³-hybridized carbons (Fsp3) is 0.409. The van der Waals surface area contributed by atoms with Crippen molar-refractivity contribution in [3.8, 4) is 0 Å². The molecule has 1 aliphatic carbocycles. The van der Waals surface area contributed by atoms with E-state index in [0.29, 0.717) is 11.6 Å². The molecule has 6 heteroatoms. The number of benzene rings is 1. The standard InChI is InChI=1S/C22H25N3O3/c1-2-15-7-6-10-17-18(13-23-21(15)17)20(26)14-28-22(27)19-11-12-25(24-19)16-8-4-3-5-9-16/h6-7,10-13,16,23H,2-5,8-9,14H2,1H3. The van der Waals surface area contributed by atoms with Crippen LogP contribution in [0.1, 0.15) is 71.5 Å². The van der Waals surface area contributed by atoms with Crippen LogP contribution in [0.4, 0.5) is 0 Å². The number of H-pyrrole nitrogens is 1. The third kappa shape index (κ3) is 3.59. The normalized spacial score (nSPS) is 15.0. The number of carbonyl (C=O) groups excluding carboxylic acids is 2. The van der Waals surface area contributed by atoms with Gasteiger partial charge in [-0.3, -0.25) is 9.48 Å². The molecule has 0 saturated heterocycles. The van der Waals surface area contributed by atoms with Gasteiger partial charge in [0, 0.05) is 28.9 Å². The first-order valence-corrected chi connectivity index (χ1v) is 10.0. The number of ketones is 1. The summed E-state index contributed by atoms with van der Waals surface area (Å²) in [7, 11) is 0. The van der Waals surface area contributed by atoms with Crippen molar-refractivity contribution >= 4 is 22.7 Å². The molecule has 1 fully saturated rings. The van der Waals surface area contributed by atoms with Crippen LogP contribution in [-0.4, -0.2) is 33.1 Å². The van der Waals surface area contributed by atoms with Gasteiger partial charge < -0.3 is 9.72 Å². The summed E-state index contributed by atoms with van der Waals surface area (Å²) in [6, 6.07) is 7.91. The van der Waals surface area contributed by atoms with Crippen LogP contribution >= 0.6 is 0 Å². The van der Waals surface area contributed by atoms with E-state index >= 15 is 0 Å². The molecule has 4 rings (SSSR count). The summed E-state index contributed by atoms with van der Waals surface area (Å²) in [5, 5.41) is 5.23. The Balaban J connectivity index is 1.41. The van der Waals surface area contributed by atoms with Gasteiger partial charge in [0.2, 0.25) is 5.78 Å². The highest BCUT2D eigenvalue weighted by Gasteiger charge is 2.20. The van der Waals surface area contributed by atoms with Crippen LogP contribution in [0.2, 0.25) is 0 Å². The topological polar surface area (TPSA) is 77.0 Å². The zero-order valence-corrected chi connectivity index (χ0v) is 16.1. The Morgan fingerprint density at radius 3 is 2.82 bits per heavy atom. The number of ether oxygens (including phenoxy) is 1. The number of hydrogen-bond acceptors (Lipinski definition) is 4. The number of hydrogen-bond donors (Lipinski definition) is 1. The summed E-state index contributed by atoms with van der Waals surface area (Å²) >= 11 is 0. The van der Waals surface area contributed by atoms with Gasteiger partial charge in [-0.2, -0.15) is 5.10 Å². The third-order valence-electron chi connectivity index (χ3n) is 5.58. The molecule has 1 N–H and O–H groups in total. The SMILES string of the molecule is CCc1cccc2c(C(=O)COC(=O)c3ccn(C4CCCCC4)n3)c[nH]c12. The summed E-state index contributed by atoms with van der Waals surface area (Å²) in [6.07, 6.45) is 10.3. The predicted molar refractivity (Wildman–Crippen MR) is 107 cm³/mol. The second-order valence-corrected chi connectivity index (χ2v) is 7.37. The van der Waals surface area contributed by atoms with E-state index in [9.17, 15) is 9.59 Å². The summed E-state index contributed by atoms with van der Waals surface area (Å²) in [4.78, 5) is 28.1. The number of rotatable bonds is 6. The van der Waals surface area contributed by atoms with E-state index in [-0.39, 0.29) is 18.1 Å². The number of fused-ring (bicyclic) bond motifs is 1. The lowest BCUT2D eigenvalue weighted by atomic mass is 9.96. The smallest absolute Gasteiger partial charge is 0.359 e. The number of aromatic nitrogens is 3. The lowest BCUT2D eigenvalue weighted by Gasteiger charge is -2.21. The Bertz CT molecular complexity index is 996. The minimum Gasteiger partial charge on any atom is -0.453 e. The van der Waals surface area contributed by atoms with E-state index in [0.717, 1.165) is 35.7 Å². The maximum Gasteiger partial charge on any atom is 0.359 e. The number of carbonyl (C=O) groups is 2. The Kier molecular flexibility index (Phi) is 5.28. The summed E-state index contributed by atoms with van der Waals surface area (Å²) in [6.45, 7) is 1.78. The molecule has 0 radical (unpaired) electrons. The van der Waals surface area contributed by atoms with E-state index in [1.54, 1.807) is 12.3 Å². The van der Waals surface area contributed by atoms with Gasteiger partial charge in [0.25, 0.3) is 0 Å². The largest absolute Gasteiger partial charge is 0.453 e. The van der Waals surface area contributed by atoms with Crippen LogP contribution in [0.25, 0.3) is 10.9 Å². The number of esters is 1. The van der Waals surface area contributed by atoms with E-state index in [1.165, 1.54) is 19.3 Å². The van der Waals surface area contributed by atoms with Crippen molar-refractivity contribution in [1.82, 2.24) is 14.8 Å². The first kappa shape index (κ1) is 18.5. The minimum absolute atomic E-state index is 0.223. The second-order valence-electron chi connectivity index (χ2n) is 7.37. The van der Waals surface area contributed by atoms with Crippen LogP contribution in [0, 0.1) is 0 Å². The van der Waals surface area contributed by atoms with E-state index in [1.807, 2.05) is 29.1 Å². The van der Waals surface area contributed by atoms with Crippen LogP contribution in [0.15, 0.2) is 36.7 Å². The Morgan fingerprint density at radius 2 is 2.04 bits per heavy atom. The first-order chi connectivity index (χ1) is 13.7. The summed E-state index contributed by atoms with van der Waals surface area (Å²) in [5.74, 6) is -0.781. The number of aryl methyl sites for hydroxylation is 1. The Hall–Kier alpha value is -2.89. The molecule has 1 saturated carbocycles. The maximum atomic E-state index is 12.6. The van der Waals surface area contributed by atoms with Gasteiger partial charge in [-0.15, -0.1) is 0 Å². The molecule has 6 nitrogen and oxygen atoms in total. The lowest BCUT2D eigenvalue weighted by Crippen LogP contribution is -2.16. The molecule has 0 atom stereocenters. The number of aromatic amines is 1. The van der Waals surface area contributed by atoms with Gasteiger partial charge in [-0.1, -0.05) is 44.4 Å². The highest BCUT2D eigenvalue weighted by Crippen LogP contribution is 2.27. The molecule has 146 valence electrons. The predicted octanol–water partition coefficient (Wildman–Crippen LogP) is 4.47. The van der Waals surface area contributed by atoms with Gasteiger partial charge in [0.05, 0.1) is 6.04 Å². The van der Waals surface area contributed by atoms with E-state index in [2.05, 4.69) is 17.0 Å². The Morgan fingerprint density at radius 1 is 1.21 bits per heavy atom. The number of nitrogens with zero attached hydrogens (tertiary/aromatic N) is 2. The van der Waals surface area contributed by atoms with Crippen molar-refractivity contribution < 1.29 is 14.3 Å². The third-order valence-corrected chi connectivity index (χ3v) is 5.58. The molecule has 0 bridgehead atoms. The molecular formula is C22H25N3O3. The maximum absolute atomic E-state index is 12.6. The molecule has 3 aromatic rings. The molecule has 1 aromatic carbocycles. The molecule has 0 aliphatic heterocycles. The second kappa shape index (κ2) is 8.00. The summed E-state index contributed by atoms with van der Waals surface area (Å²) in [5.41, 5.74) is 2.92. The van der Waals surface area contributed by atoms with Crippen LogP contribution in [-0.2, 0) is 11.2 Å². The summed E-state index contributed by atoms with van der Waals surface area (Å²) < 4.78 is 7.11. The van der Waals surface area contributed by atoms with Crippen LogP contribution in [0.3, 0.4) is 0 Å². The van der Waals surface area contributed by atoms with Crippen molar-refractivity contribution in [2.75, 3.05) is 6.61 Å². The molecule has 2 aromatic heterocycles. The van der Waals surface area contributed by atoms with Crippen molar-refractivity contribution in [3.63, 3.8) is 0 Å².